The van der Waals surface area contributed by atoms with E-state index in [2.05, 4.69) is 30.6 Å². The van der Waals surface area contributed by atoms with Gasteiger partial charge < -0.3 is 14.2 Å². The Bertz CT molecular complexity index is 1000. The van der Waals surface area contributed by atoms with Gasteiger partial charge in [-0.3, -0.25) is 0 Å². The summed E-state index contributed by atoms with van der Waals surface area (Å²) in [5.74, 6) is 1.22. The van der Waals surface area contributed by atoms with Crippen LogP contribution in [0.25, 0.3) is 6.08 Å². The van der Waals surface area contributed by atoms with Gasteiger partial charge in [0.25, 0.3) is 0 Å². The Hall–Kier alpha value is -3.08. The van der Waals surface area contributed by atoms with Crippen LogP contribution >= 0.6 is 0 Å². The summed E-state index contributed by atoms with van der Waals surface area (Å²) in [5, 5.41) is 0. The van der Waals surface area contributed by atoms with Crippen LogP contribution in [0.3, 0.4) is 0 Å². The van der Waals surface area contributed by atoms with Crippen molar-refractivity contribution in [3.05, 3.63) is 59.2 Å². The van der Waals surface area contributed by atoms with Crippen molar-refractivity contribution >= 4 is 23.4 Å². The molecule has 0 aliphatic carbocycles. The molecule has 0 N–H and O–H groups in total. The van der Waals surface area contributed by atoms with Crippen molar-refractivity contribution in [2.75, 3.05) is 21.0 Å². The summed E-state index contributed by atoms with van der Waals surface area (Å²) in [6.45, 7) is 4.65. The number of esters is 1. The summed E-state index contributed by atoms with van der Waals surface area (Å²) in [6.07, 6.45) is 4.19. The second-order valence-electron chi connectivity index (χ2n) is 7.24. The molecule has 0 atom stereocenters. The van der Waals surface area contributed by atoms with Gasteiger partial charge in [0.05, 0.1) is 18.1 Å². The van der Waals surface area contributed by atoms with Crippen molar-refractivity contribution in [2.24, 2.45) is 0 Å². The van der Waals surface area contributed by atoms with Gasteiger partial charge in [0.15, 0.2) is 17.2 Å². The maximum absolute atomic E-state index is 11.9. The van der Waals surface area contributed by atoms with Gasteiger partial charge in [-0.15, -0.1) is 0 Å². The maximum atomic E-state index is 11.9. The molecule has 0 spiro atoms. The molecule has 2 aliphatic rings. The third-order valence-electron chi connectivity index (χ3n) is 5.29. The van der Waals surface area contributed by atoms with Crippen molar-refractivity contribution in [1.82, 2.24) is 0 Å². The summed E-state index contributed by atoms with van der Waals surface area (Å²) >= 11 is 0. The second-order valence-corrected chi connectivity index (χ2v) is 7.24. The fraction of sp³-hybridized carbons (Fsp3) is 0.273. The Morgan fingerprint density at radius 3 is 2.67 bits per heavy atom. The molecule has 2 heterocycles. The molecular weight excluding hydrogens is 342 g/mol. The highest BCUT2D eigenvalue weighted by Crippen LogP contribution is 2.40. The van der Waals surface area contributed by atoms with Gasteiger partial charge in [-0.2, -0.15) is 4.58 Å². The Morgan fingerprint density at radius 1 is 1.11 bits per heavy atom. The standard InChI is InChI=1S/C22H22NO4/c1-22(2)16-8-7-15(21(24)25-4)12-17(16)23(3)20(22)10-6-14-5-9-18-19(11-14)27-13-26-18/h5-12H,13H2,1-4H3/q+1. The van der Waals surface area contributed by atoms with Crippen LogP contribution in [0.2, 0.25) is 0 Å². The quantitative estimate of drug-likeness (QED) is 0.612. The molecule has 0 fully saturated rings. The Labute approximate surface area is 158 Å². The van der Waals surface area contributed by atoms with Crippen LogP contribution in [-0.2, 0) is 10.2 Å². The predicted octanol–water partition coefficient (Wildman–Crippen LogP) is 3.92. The lowest BCUT2D eigenvalue weighted by Crippen LogP contribution is -2.26. The number of carbonyl (C=O) groups excluding carboxylic acids is 1. The van der Waals surface area contributed by atoms with Crippen molar-refractivity contribution in [3.8, 4) is 11.5 Å². The lowest BCUT2D eigenvalue weighted by molar-refractivity contribution is -0.401. The fourth-order valence-electron chi connectivity index (χ4n) is 3.78. The minimum absolute atomic E-state index is 0.175. The normalized spacial score (nSPS) is 16.7. The van der Waals surface area contributed by atoms with E-state index in [4.69, 9.17) is 14.2 Å². The highest BCUT2D eigenvalue weighted by molar-refractivity contribution is 6.05. The number of fused-ring (bicyclic) bond motifs is 2. The van der Waals surface area contributed by atoms with Crippen LogP contribution in [-0.4, -0.2) is 37.2 Å². The molecule has 0 aromatic heterocycles. The van der Waals surface area contributed by atoms with Crippen LogP contribution < -0.4 is 9.47 Å². The molecule has 4 rings (SSSR count). The van der Waals surface area contributed by atoms with Crippen molar-refractivity contribution in [2.45, 2.75) is 19.3 Å². The molecule has 27 heavy (non-hydrogen) atoms. The molecule has 0 radical (unpaired) electrons. The van der Waals surface area contributed by atoms with Crippen molar-refractivity contribution in [1.29, 1.82) is 0 Å². The molecule has 0 amide bonds. The zero-order valence-corrected chi connectivity index (χ0v) is 15.9. The maximum Gasteiger partial charge on any atom is 0.338 e. The van der Waals surface area contributed by atoms with Gasteiger partial charge in [0.2, 0.25) is 12.5 Å². The first kappa shape index (κ1) is 17.3. The van der Waals surface area contributed by atoms with Crippen molar-refractivity contribution in [3.63, 3.8) is 0 Å². The molecule has 138 valence electrons. The monoisotopic (exact) mass is 364 g/mol. The van der Waals surface area contributed by atoms with E-state index in [1.807, 2.05) is 43.4 Å². The number of ether oxygens (including phenoxy) is 3. The Kier molecular flexibility index (Phi) is 4.02. The van der Waals surface area contributed by atoms with Crippen LogP contribution in [0.1, 0.15) is 35.3 Å². The van der Waals surface area contributed by atoms with E-state index in [-0.39, 0.29) is 18.2 Å². The molecule has 5 heteroatoms. The van der Waals surface area contributed by atoms with Gasteiger partial charge in [0, 0.05) is 17.7 Å². The van der Waals surface area contributed by atoms with E-state index >= 15 is 0 Å². The smallest absolute Gasteiger partial charge is 0.338 e. The van der Waals surface area contributed by atoms with E-state index < -0.39 is 0 Å². The first-order valence-electron chi connectivity index (χ1n) is 8.83. The third kappa shape index (κ3) is 2.79. The lowest BCUT2D eigenvalue weighted by atomic mass is 9.81. The molecule has 5 nitrogen and oxygen atoms in total. The van der Waals surface area contributed by atoms with Crippen LogP contribution in [0.4, 0.5) is 5.69 Å². The number of hydrogen-bond donors (Lipinski definition) is 0. The topological polar surface area (TPSA) is 47.8 Å². The van der Waals surface area contributed by atoms with Crippen LogP contribution in [0, 0.1) is 0 Å². The van der Waals surface area contributed by atoms with E-state index in [0.29, 0.717) is 5.56 Å². The van der Waals surface area contributed by atoms with Gasteiger partial charge in [-0.05, 0) is 43.7 Å². The van der Waals surface area contributed by atoms with E-state index in [0.717, 1.165) is 28.5 Å². The zero-order valence-electron chi connectivity index (χ0n) is 15.9. The molecule has 0 saturated heterocycles. The Balaban J connectivity index is 1.71. The average Bonchev–Trinajstić information content (AvgIpc) is 3.20. The van der Waals surface area contributed by atoms with Crippen LogP contribution in [0.15, 0.2) is 42.5 Å². The van der Waals surface area contributed by atoms with E-state index in [1.165, 1.54) is 12.7 Å². The summed E-state index contributed by atoms with van der Waals surface area (Å²) in [6, 6.07) is 11.6. The number of rotatable bonds is 3. The van der Waals surface area contributed by atoms with Crippen molar-refractivity contribution < 1.29 is 23.6 Å². The summed E-state index contributed by atoms with van der Waals surface area (Å²) < 4.78 is 17.8. The lowest BCUT2D eigenvalue weighted by Gasteiger charge is -2.15. The molecule has 2 aromatic carbocycles. The SMILES string of the molecule is COC(=O)c1ccc2c(c1)[N+](C)=C(C=Cc1ccc3c(c1)OCO3)C2(C)C. The van der Waals surface area contributed by atoms with Gasteiger partial charge >= 0.3 is 5.97 Å². The van der Waals surface area contributed by atoms with Gasteiger partial charge in [-0.25, -0.2) is 4.79 Å². The number of carbonyl (C=O) groups is 1. The molecule has 0 saturated carbocycles. The number of benzene rings is 2. The molecule has 2 aromatic rings. The minimum Gasteiger partial charge on any atom is -0.465 e. The Morgan fingerprint density at radius 2 is 1.89 bits per heavy atom. The predicted molar refractivity (Wildman–Crippen MR) is 103 cm³/mol. The number of methoxy groups -OCH3 is 1. The summed E-state index contributed by atoms with van der Waals surface area (Å²) in [4.78, 5) is 11.9. The first-order chi connectivity index (χ1) is 12.9. The van der Waals surface area contributed by atoms with E-state index in [1.54, 1.807) is 0 Å². The third-order valence-corrected chi connectivity index (χ3v) is 5.29. The van der Waals surface area contributed by atoms with Gasteiger partial charge in [0.1, 0.15) is 7.05 Å². The number of nitrogens with zero attached hydrogens (tertiary/aromatic N) is 1. The summed E-state index contributed by atoms with van der Waals surface area (Å²) in [5.41, 5.74) is 4.78. The molecule has 0 bridgehead atoms. The second kappa shape index (κ2) is 6.27. The molecule has 0 unspecified atom stereocenters. The average molecular weight is 364 g/mol. The minimum atomic E-state index is -0.326. The number of hydrogen-bond acceptors (Lipinski definition) is 4. The van der Waals surface area contributed by atoms with Crippen LogP contribution in [0.5, 0.6) is 11.5 Å². The van der Waals surface area contributed by atoms with E-state index in [9.17, 15) is 4.79 Å². The molecule has 2 aliphatic heterocycles. The highest BCUT2D eigenvalue weighted by Gasteiger charge is 2.43. The van der Waals surface area contributed by atoms with Gasteiger partial charge in [-0.1, -0.05) is 12.1 Å². The fourth-order valence-corrected chi connectivity index (χ4v) is 3.78. The zero-order chi connectivity index (χ0) is 19.2. The summed E-state index contributed by atoms with van der Waals surface area (Å²) in [7, 11) is 3.42. The largest absolute Gasteiger partial charge is 0.465 e. The molecular formula is C22H22NO4+. The number of allylic oxidation sites excluding steroid dienone is 1. The highest BCUT2D eigenvalue weighted by atomic mass is 16.7. The first-order valence-corrected chi connectivity index (χ1v) is 8.83.